The molecule has 1 unspecified atom stereocenters. The summed E-state index contributed by atoms with van der Waals surface area (Å²) in [6, 6.07) is 3.40. The summed E-state index contributed by atoms with van der Waals surface area (Å²) in [4.78, 5) is 20.1. The van der Waals surface area contributed by atoms with E-state index in [1.54, 1.807) is 0 Å². The van der Waals surface area contributed by atoms with Crippen LogP contribution in [0.2, 0.25) is 0 Å². The predicted octanol–water partition coefficient (Wildman–Crippen LogP) is 2.08. The zero-order chi connectivity index (χ0) is 16.4. The van der Waals surface area contributed by atoms with Crippen molar-refractivity contribution in [3.8, 4) is 11.5 Å². The molecule has 1 aliphatic rings. The van der Waals surface area contributed by atoms with E-state index in [1.807, 2.05) is 19.1 Å². The normalized spacial score (nSPS) is 14.2. The first kappa shape index (κ1) is 15.5. The summed E-state index contributed by atoms with van der Waals surface area (Å²) < 4.78 is 11.9. The molecule has 1 aromatic carbocycles. The SMILES string of the molecule is CC(NC(=O)c1nccnc1N)c1cc2c(cc1Br)OCCO2. The standard InChI is InChI=1S/C15H15BrN4O3/c1-8(20-15(21)13-14(17)19-3-2-18-13)9-6-11-12(7-10(9)16)23-5-4-22-11/h2-3,6-8H,4-5H2,1H3,(H2,17,19)(H,20,21). The van der Waals surface area contributed by atoms with Crippen molar-refractivity contribution < 1.29 is 14.3 Å². The first-order valence-electron chi connectivity index (χ1n) is 7.02. The zero-order valence-electron chi connectivity index (χ0n) is 12.4. The highest BCUT2D eigenvalue weighted by Gasteiger charge is 2.21. The molecule has 7 nitrogen and oxygen atoms in total. The van der Waals surface area contributed by atoms with Crippen LogP contribution in [0.1, 0.15) is 29.0 Å². The van der Waals surface area contributed by atoms with Crippen molar-refractivity contribution in [2.24, 2.45) is 0 Å². The fraction of sp³-hybridized carbons (Fsp3) is 0.267. The number of nitrogen functional groups attached to an aromatic ring is 1. The average molecular weight is 379 g/mol. The summed E-state index contributed by atoms with van der Waals surface area (Å²) in [5.74, 6) is 1.06. The van der Waals surface area contributed by atoms with Crippen molar-refractivity contribution >= 4 is 27.7 Å². The van der Waals surface area contributed by atoms with Gasteiger partial charge in [0.2, 0.25) is 0 Å². The van der Waals surface area contributed by atoms with E-state index in [0.717, 1.165) is 10.0 Å². The second-order valence-corrected chi connectivity index (χ2v) is 5.86. The Morgan fingerprint density at radius 3 is 2.61 bits per heavy atom. The minimum atomic E-state index is -0.384. The van der Waals surface area contributed by atoms with Gasteiger partial charge in [-0.3, -0.25) is 4.79 Å². The molecule has 0 spiro atoms. The Bertz CT molecular complexity index is 753. The summed E-state index contributed by atoms with van der Waals surface area (Å²) >= 11 is 3.50. The van der Waals surface area contributed by atoms with E-state index in [2.05, 4.69) is 31.2 Å². The third kappa shape index (κ3) is 3.21. The smallest absolute Gasteiger partial charge is 0.274 e. The van der Waals surface area contributed by atoms with Crippen molar-refractivity contribution in [1.82, 2.24) is 15.3 Å². The van der Waals surface area contributed by atoms with Gasteiger partial charge in [-0.1, -0.05) is 15.9 Å². The molecule has 1 aliphatic heterocycles. The number of anilines is 1. The molecule has 3 N–H and O–H groups in total. The number of rotatable bonds is 3. The maximum Gasteiger partial charge on any atom is 0.274 e. The summed E-state index contributed by atoms with van der Waals surface area (Å²) in [7, 11) is 0. The van der Waals surface area contributed by atoms with Crippen LogP contribution < -0.4 is 20.5 Å². The van der Waals surface area contributed by atoms with Gasteiger partial charge in [-0.15, -0.1) is 0 Å². The Labute approximate surface area is 141 Å². The van der Waals surface area contributed by atoms with E-state index >= 15 is 0 Å². The molecule has 3 rings (SSSR count). The van der Waals surface area contributed by atoms with Gasteiger partial charge < -0.3 is 20.5 Å². The number of ether oxygens (including phenoxy) is 2. The van der Waals surface area contributed by atoms with Gasteiger partial charge in [-0.2, -0.15) is 0 Å². The van der Waals surface area contributed by atoms with E-state index in [9.17, 15) is 4.79 Å². The molecule has 120 valence electrons. The number of halogens is 1. The number of aromatic nitrogens is 2. The van der Waals surface area contributed by atoms with Crippen molar-refractivity contribution in [3.05, 3.63) is 40.3 Å². The molecule has 0 saturated heterocycles. The Kier molecular flexibility index (Phi) is 4.33. The Morgan fingerprint density at radius 2 is 1.91 bits per heavy atom. The van der Waals surface area contributed by atoms with Crippen LogP contribution in [0, 0.1) is 0 Å². The number of hydrogen-bond donors (Lipinski definition) is 2. The van der Waals surface area contributed by atoms with Crippen LogP contribution in [0.3, 0.4) is 0 Å². The molecular formula is C15H15BrN4O3. The third-order valence-corrected chi connectivity index (χ3v) is 4.10. The van der Waals surface area contributed by atoms with Crippen LogP contribution in [-0.4, -0.2) is 29.1 Å². The number of fused-ring (bicyclic) bond motifs is 1. The molecule has 0 bridgehead atoms. The topological polar surface area (TPSA) is 99.4 Å². The molecular weight excluding hydrogens is 364 g/mol. The number of benzene rings is 1. The average Bonchev–Trinajstić information content (AvgIpc) is 2.54. The number of nitrogens with zero attached hydrogens (tertiary/aromatic N) is 2. The highest BCUT2D eigenvalue weighted by Crippen LogP contribution is 2.37. The van der Waals surface area contributed by atoms with Crippen LogP contribution in [0.15, 0.2) is 29.0 Å². The highest BCUT2D eigenvalue weighted by atomic mass is 79.9. The second-order valence-electron chi connectivity index (χ2n) is 5.00. The number of carbonyl (C=O) groups is 1. The predicted molar refractivity (Wildman–Crippen MR) is 87.5 cm³/mol. The van der Waals surface area contributed by atoms with E-state index in [4.69, 9.17) is 15.2 Å². The lowest BCUT2D eigenvalue weighted by molar-refractivity contribution is 0.0935. The summed E-state index contributed by atoms with van der Waals surface area (Å²) in [6.45, 7) is 2.89. The first-order chi connectivity index (χ1) is 11.1. The van der Waals surface area contributed by atoms with Gasteiger partial charge in [-0.25, -0.2) is 9.97 Å². The molecule has 23 heavy (non-hydrogen) atoms. The molecule has 0 saturated carbocycles. The van der Waals surface area contributed by atoms with Gasteiger partial charge in [-0.05, 0) is 24.6 Å². The minimum Gasteiger partial charge on any atom is -0.486 e. The van der Waals surface area contributed by atoms with Crippen LogP contribution >= 0.6 is 15.9 Å². The Balaban J connectivity index is 1.82. The maximum atomic E-state index is 12.3. The second kappa shape index (κ2) is 6.41. The molecule has 1 amide bonds. The zero-order valence-corrected chi connectivity index (χ0v) is 14.0. The summed E-state index contributed by atoms with van der Waals surface area (Å²) in [5, 5.41) is 2.85. The molecule has 1 aromatic heterocycles. The number of nitrogens with two attached hydrogens (primary N) is 1. The monoisotopic (exact) mass is 378 g/mol. The highest BCUT2D eigenvalue weighted by molar-refractivity contribution is 9.10. The number of amides is 1. The van der Waals surface area contributed by atoms with Crippen LogP contribution in [0.4, 0.5) is 5.82 Å². The molecule has 0 fully saturated rings. The molecule has 8 heteroatoms. The van der Waals surface area contributed by atoms with Gasteiger partial charge >= 0.3 is 0 Å². The van der Waals surface area contributed by atoms with Gasteiger partial charge in [0.15, 0.2) is 23.0 Å². The van der Waals surface area contributed by atoms with Crippen molar-refractivity contribution in [1.29, 1.82) is 0 Å². The lowest BCUT2D eigenvalue weighted by Gasteiger charge is -2.22. The van der Waals surface area contributed by atoms with E-state index in [-0.39, 0.29) is 23.5 Å². The maximum absolute atomic E-state index is 12.3. The fourth-order valence-electron chi connectivity index (χ4n) is 2.28. The van der Waals surface area contributed by atoms with E-state index in [0.29, 0.717) is 24.7 Å². The van der Waals surface area contributed by atoms with Crippen LogP contribution in [-0.2, 0) is 0 Å². The Hall–Kier alpha value is -2.35. The first-order valence-corrected chi connectivity index (χ1v) is 7.82. The van der Waals surface area contributed by atoms with E-state index < -0.39 is 0 Å². The number of hydrogen-bond acceptors (Lipinski definition) is 6. The molecule has 2 heterocycles. The van der Waals surface area contributed by atoms with Gasteiger partial charge in [0.1, 0.15) is 13.2 Å². The molecule has 0 aliphatic carbocycles. The minimum absolute atomic E-state index is 0.0958. The molecule has 0 radical (unpaired) electrons. The quantitative estimate of drug-likeness (QED) is 0.847. The summed E-state index contributed by atoms with van der Waals surface area (Å²) in [6.07, 6.45) is 2.86. The lowest BCUT2D eigenvalue weighted by atomic mass is 10.1. The Morgan fingerprint density at radius 1 is 1.26 bits per heavy atom. The van der Waals surface area contributed by atoms with Crippen LogP contribution in [0.5, 0.6) is 11.5 Å². The van der Waals surface area contributed by atoms with Gasteiger partial charge in [0.25, 0.3) is 5.91 Å². The summed E-state index contributed by atoms with van der Waals surface area (Å²) in [5.41, 5.74) is 6.65. The number of carbonyl (C=O) groups excluding carboxylic acids is 1. The fourth-order valence-corrected chi connectivity index (χ4v) is 2.94. The van der Waals surface area contributed by atoms with Crippen molar-refractivity contribution in [2.45, 2.75) is 13.0 Å². The van der Waals surface area contributed by atoms with E-state index in [1.165, 1.54) is 12.4 Å². The lowest BCUT2D eigenvalue weighted by Crippen LogP contribution is -2.29. The third-order valence-electron chi connectivity index (χ3n) is 3.42. The van der Waals surface area contributed by atoms with Gasteiger partial charge in [0, 0.05) is 16.9 Å². The van der Waals surface area contributed by atoms with Crippen LogP contribution in [0.25, 0.3) is 0 Å². The van der Waals surface area contributed by atoms with Crippen molar-refractivity contribution in [3.63, 3.8) is 0 Å². The largest absolute Gasteiger partial charge is 0.486 e. The van der Waals surface area contributed by atoms with Crippen molar-refractivity contribution in [2.75, 3.05) is 18.9 Å². The number of nitrogens with one attached hydrogen (secondary N) is 1. The molecule has 2 aromatic rings. The molecule has 1 atom stereocenters. The van der Waals surface area contributed by atoms with Gasteiger partial charge in [0.05, 0.1) is 6.04 Å².